The minimum atomic E-state index is -0.613. The van der Waals surface area contributed by atoms with E-state index in [0.29, 0.717) is 25.8 Å². The summed E-state index contributed by atoms with van der Waals surface area (Å²) >= 11 is 0. The molecule has 1 aromatic rings. The normalized spacial score (nSPS) is 17.6. The molecule has 1 saturated carbocycles. The number of nitrogens with one attached hydrogen (secondary N) is 2. The number of rotatable bonds is 6. The van der Waals surface area contributed by atoms with Crippen LogP contribution in [-0.4, -0.2) is 38.3 Å². The summed E-state index contributed by atoms with van der Waals surface area (Å²) in [6.07, 6.45) is 7.88. The number of carbonyl (C=O) groups is 1. The molecule has 1 aliphatic heterocycles. The predicted molar refractivity (Wildman–Crippen MR) is 110 cm³/mol. The van der Waals surface area contributed by atoms with Gasteiger partial charge in [-0.1, -0.05) is 31.7 Å². The van der Waals surface area contributed by atoms with Gasteiger partial charge in [0.2, 0.25) is 5.91 Å². The molecule has 6 heteroatoms. The number of amides is 1. The van der Waals surface area contributed by atoms with E-state index in [1.807, 2.05) is 32.0 Å². The van der Waals surface area contributed by atoms with E-state index in [9.17, 15) is 4.79 Å². The fourth-order valence-corrected chi connectivity index (χ4v) is 3.72. The van der Waals surface area contributed by atoms with Crippen LogP contribution in [0.5, 0.6) is 11.5 Å². The van der Waals surface area contributed by atoms with Gasteiger partial charge in [-0.25, -0.2) is 0 Å². The van der Waals surface area contributed by atoms with Gasteiger partial charge in [-0.2, -0.15) is 0 Å². The molecule has 5 nitrogen and oxygen atoms in total. The van der Waals surface area contributed by atoms with Gasteiger partial charge < -0.3 is 20.1 Å². The van der Waals surface area contributed by atoms with Gasteiger partial charge >= 0.3 is 0 Å². The lowest BCUT2D eigenvalue weighted by Crippen LogP contribution is -2.44. The van der Waals surface area contributed by atoms with E-state index in [-0.39, 0.29) is 18.3 Å². The highest BCUT2D eigenvalue weighted by Crippen LogP contribution is 2.35. The number of benzene rings is 1. The first-order valence-electron chi connectivity index (χ1n) is 9.99. The highest BCUT2D eigenvalue weighted by molar-refractivity contribution is 5.87. The molecule has 1 heterocycles. The molecule has 1 aromatic carbocycles. The molecule has 1 amide bonds. The van der Waals surface area contributed by atoms with Crippen LogP contribution in [-0.2, 0) is 10.2 Å². The number of hydrogen-bond donors (Lipinski definition) is 2. The number of halogens is 1. The Balaban J connectivity index is 0.00000261. The maximum Gasteiger partial charge on any atom is 0.230 e. The lowest BCUT2D eigenvalue weighted by Gasteiger charge is -2.27. The van der Waals surface area contributed by atoms with Gasteiger partial charge in [-0.15, -0.1) is 12.4 Å². The van der Waals surface area contributed by atoms with Crippen LogP contribution in [0.1, 0.15) is 57.9 Å². The maximum atomic E-state index is 12.7. The topological polar surface area (TPSA) is 59.6 Å². The fraction of sp³-hybridized carbons (Fsp3) is 0.667. The average Bonchev–Trinajstić information content (AvgIpc) is 2.93. The number of fused-ring (bicyclic) bond motifs is 1. The smallest absolute Gasteiger partial charge is 0.230 e. The summed E-state index contributed by atoms with van der Waals surface area (Å²) in [5, 5.41) is 6.68. The van der Waals surface area contributed by atoms with Crippen molar-refractivity contribution in [1.29, 1.82) is 0 Å². The second-order valence-electron chi connectivity index (χ2n) is 7.88. The quantitative estimate of drug-likeness (QED) is 0.570. The average molecular weight is 397 g/mol. The number of ether oxygens (including phenoxy) is 2. The minimum absolute atomic E-state index is 0. The Morgan fingerprint density at radius 3 is 2.41 bits per heavy atom. The van der Waals surface area contributed by atoms with Crippen LogP contribution in [0, 0.1) is 0 Å². The summed E-state index contributed by atoms with van der Waals surface area (Å²) in [6, 6.07) is 6.39. The Bertz CT molecular complexity index is 613. The van der Waals surface area contributed by atoms with E-state index in [0.717, 1.165) is 23.6 Å². The summed E-state index contributed by atoms with van der Waals surface area (Å²) in [6.45, 7) is 6.51. The van der Waals surface area contributed by atoms with Gasteiger partial charge in [0.1, 0.15) is 13.2 Å². The third kappa shape index (κ3) is 5.76. The molecule has 0 aromatic heterocycles. The molecule has 0 atom stereocenters. The van der Waals surface area contributed by atoms with Crippen molar-refractivity contribution in [3.8, 4) is 11.5 Å². The van der Waals surface area contributed by atoms with Crippen molar-refractivity contribution in [3.05, 3.63) is 23.8 Å². The van der Waals surface area contributed by atoms with E-state index in [2.05, 4.69) is 10.6 Å². The number of carbonyl (C=O) groups excluding carboxylic acids is 1. The van der Waals surface area contributed by atoms with Crippen LogP contribution in [0.4, 0.5) is 0 Å². The van der Waals surface area contributed by atoms with Crippen molar-refractivity contribution >= 4 is 18.3 Å². The summed E-state index contributed by atoms with van der Waals surface area (Å²) in [4.78, 5) is 12.7. The highest BCUT2D eigenvalue weighted by atomic mass is 35.5. The molecule has 3 rings (SSSR count). The van der Waals surface area contributed by atoms with Crippen molar-refractivity contribution in [2.75, 3.05) is 26.3 Å². The zero-order valence-corrected chi connectivity index (χ0v) is 17.3. The molecule has 27 heavy (non-hydrogen) atoms. The largest absolute Gasteiger partial charge is 0.486 e. The Hall–Kier alpha value is -1.46. The zero-order valence-electron chi connectivity index (χ0n) is 16.5. The van der Waals surface area contributed by atoms with E-state index in [1.54, 1.807) is 0 Å². The maximum absolute atomic E-state index is 12.7. The second kappa shape index (κ2) is 10.2. The third-order valence-electron chi connectivity index (χ3n) is 5.53. The lowest BCUT2D eigenvalue weighted by atomic mass is 9.83. The van der Waals surface area contributed by atoms with E-state index < -0.39 is 5.41 Å². The molecule has 1 fully saturated rings. The molecule has 0 spiro atoms. The Kier molecular flexibility index (Phi) is 8.24. The molecular weight excluding hydrogens is 364 g/mol. The molecule has 0 unspecified atom stereocenters. The monoisotopic (exact) mass is 396 g/mol. The van der Waals surface area contributed by atoms with Gasteiger partial charge in [-0.05, 0) is 44.4 Å². The van der Waals surface area contributed by atoms with Gasteiger partial charge in [0.25, 0.3) is 0 Å². The first kappa shape index (κ1) is 21.8. The summed E-state index contributed by atoms with van der Waals surface area (Å²) in [5.41, 5.74) is 0.328. The molecule has 0 bridgehead atoms. The zero-order chi connectivity index (χ0) is 18.4. The molecule has 0 saturated heterocycles. The molecule has 0 radical (unpaired) electrons. The van der Waals surface area contributed by atoms with Gasteiger partial charge in [0.15, 0.2) is 11.5 Å². The second-order valence-corrected chi connectivity index (χ2v) is 7.88. The molecular formula is C21H33ClN2O3. The Morgan fingerprint density at radius 2 is 1.70 bits per heavy atom. The minimum Gasteiger partial charge on any atom is -0.486 e. The highest BCUT2D eigenvalue weighted by Gasteiger charge is 2.31. The van der Waals surface area contributed by atoms with Crippen molar-refractivity contribution in [1.82, 2.24) is 10.6 Å². The summed E-state index contributed by atoms with van der Waals surface area (Å²) in [5.74, 6) is 1.52. The lowest BCUT2D eigenvalue weighted by molar-refractivity contribution is -0.125. The van der Waals surface area contributed by atoms with Crippen LogP contribution >= 0.6 is 12.4 Å². The summed E-state index contributed by atoms with van der Waals surface area (Å²) in [7, 11) is 0. The van der Waals surface area contributed by atoms with Crippen LogP contribution in [0.25, 0.3) is 0 Å². The van der Waals surface area contributed by atoms with Crippen molar-refractivity contribution in [2.45, 2.75) is 63.8 Å². The fourth-order valence-electron chi connectivity index (χ4n) is 3.72. The Labute approximate surface area is 169 Å². The molecule has 2 aliphatic rings. The van der Waals surface area contributed by atoms with Crippen LogP contribution in [0.3, 0.4) is 0 Å². The molecule has 152 valence electrons. The predicted octanol–water partition coefficient (Wildman–Crippen LogP) is 3.59. The molecule has 2 N–H and O–H groups in total. The SMILES string of the molecule is CC(C)(C(=O)NCCNC1CCCCCC1)c1ccc2c(c1)OCCO2.Cl. The van der Waals surface area contributed by atoms with Crippen molar-refractivity contribution < 1.29 is 14.3 Å². The third-order valence-corrected chi connectivity index (χ3v) is 5.53. The Morgan fingerprint density at radius 1 is 1.04 bits per heavy atom. The number of hydrogen-bond acceptors (Lipinski definition) is 4. The van der Waals surface area contributed by atoms with Gasteiger partial charge in [-0.3, -0.25) is 4.79 Å². The van der Waals surface area contributed by atoms with Gasteiger partial charge in [0, 0.05) is 19.1 Å². The first-order valence-corrected chi connectivity index (χ1v) is 9.99. The van der Waals surface area contributed by atoms with E-state index >= 15 is 0 Å². The van der Waals surface area contributed by atoms with E-state index in [4.69, 9.17) is 9.47 Å². The standard InChI is InChI=1S/C21H32N2O3.ClH/c1-21(2,16-9-10-18-19(15-16)26-14-13-25-18)20(24)23-12-11-22-17-7-5-3-4-6-8-17;/h9-10,15,17,22H,3-8,11-14H2,1-2H3,(H,23,24);1H. The van der Waals surface area contributed by atoms with Crippen LogP contribution in [0.15, 0.2) is 18.2 Å². The van der Waals surface area contributed by atoms with Crippen LogP contribution < -0.4 is 20.1 Å². The van der Waals surface area contributed by atoms with Gasteiger partial charge in [0.05, 0.1) is 5.41 Å². The molecule has 1 aliphatic carbocycles. The first-order chi connectivity index (χ1) is 12.6. The summed E-state index contributed by atoms with van der Waals surface area (Å²) < 4.78 is 11.2. The van der Waals surface area contributed by atoms with E-state index in [1.165, 1.54) is 38.5 Å². The van der Waals surface area contributed by atoms with Crippen LogP contribution in [0.2, 0.25) is 0 Å². The van der Waals surface area contributed by atoms with Crippen molar-refractivity contribution in [3.63, 3.8) is 0 Å². The van der Waals surface area contributed by atoms with Crippen molar-refractivity contribution in [2.24, 2.45) is 0 Å².